The van der Waals surface area contributed by atoms with Crippen molar-refractivity contribution in [3.8, 4) is 11.1 Å². The van der Waals surface area contributed by atoms with E-state index < -0.39 is 0 Å². The van der Waals surface area contributed by atoms with E-state index in [1.54, 1.807) is 0 Å². The first-order valence-corrected chi connectivity index (χ1v) is 8.49. The van der Waals surface area contributed by atoms with Crippen LogP contribution >= 0.6 is 0 Å². The number of pyridine rings is 1. The Bertz CT molecular complexity index is 775. The van der Waals surface area contributed by atoms with Crippen molar-refractivity contribution < 1.29 is 0 Å². The summed E-state index contributed by atoms with van der Waals surface area (Å²) in [6.07, 6.45) is 5.42. The van der Waals surface area contributed by atoms with Crippen LogP contribution in [0.25, 0.3) is 11.1 Å². The molecule has 0 fully saturated rings. The maximum Gasteiger partial charge on any atom is 0.0635 e. The topological polar surface area (TPSA) is 12.9 Å². The fourth-order valence-corrected chi connectivity index (χ4v) is 4.06. The van der Waals surface area contributed by atoms with Gasteiger partial charge < -0.3 is 0 Å². The summed E-state index contributed by atoms with van der Waals surface area (Å²) in [7, 11) is 0. The monoisotopic (exact) mass is 299 g/mol. The van der Waals surface area contributed by atoms with Crippen LogP contribution in [0.4, 0.5) is 0 Å². The highest BCUT2D eigenvalue weighted by Crippen LogP contribution is 2.54. The number of rotatable bonds is 4. The largest absolute Gasteiger partial charge is 0.260 e. The Morgan fingerprint density at radius 3 is 1.96 bits per heavy atom. The summed E-state index contributed by atoms with van der Waals surface area (Å²) in [5.74, 6) is 0. The zero-order chi connectivity index (χ0) is 15.7. The van der Waals surface area contributed by atoms with Crippen LogP contribution in [0, 0.1) is 0 Å². The van der Waals surface area contributed by atoms with Crippen LogP contribution in [0.3, 0.4) is 0 Å². The lowest BCUT2D eigenvalue weighted by atomic mass is 9.71. The highest BCUT2D eigenvalue weighted by Gasteiger charge is 2.44. The number of hydrogen-bond acceptors (Lipinski definition) is 1. The fraction of sp³-hybridized carbons (Fsp3) is 0.227. The SMILES string of the molecule is CCCCC1(c2ccccn2)c2ccccc2-c2ccccc21. The Balaban J connectivity index is 2.05. The molecule has 0 bridgehead atoms. The zero-order valence-electron chi connectivity index (χ0n) is 13.5. The molecule has 4 rings (SSSR count). The van der Waals surface area contributed by atoms with E-state index in [0.717, 1.165) is 6.42 Å². The lowest BCUT2D eigenvalue weighted by molar-refractivity contribution is 0.525. The van der Waals surface area contributed by atoms with Crippen LogP contribution in [-0.4, -0.2) is 4.98 Å². The molecule has 0 N–H and O–H groups in total. The molecule has 0 radical (unpaired) electrons. The number of nitrogens with zero attached hydrogens (tertiary/aromatic N) is 1. The first kappa shape index (κ1) is 14.2. The zero-order valence-corrected chi connectivity index (χ0v) is 13.5. The Morgan fingerprint density at radius 1 is 0.783 bits per heavy atom. The molecular weight excluding hydrogens is 278 g/mol. The predicted octanol–water partition coefficient (Wildman–Crippen LogP) is 5.59. The smallest absolute Gasteiger partial charge is 0.0635 e. The Labute approximate surface area is 138 Å². The van der Waals surface area contributed by atoms with E-state index in [4.69, 9.17) is 4.98 Å². The van der Waals surface area contributed by atoms with E-state index in [1.165, 1.54) is 40.8 Å². The normalized spacial score (nSPS) is 14.3. The highest BCUT2D eigenvalue weighted by atomic mass is 14.7. The third kappa shape index (κ3) is 2.03. The number of hydrogen-bond donors (Lipinski definition) is 0. The quantitative estimate of drug-likeness (QED) is 0.612. The first-order chi connectivity index (χ1) is 11.4. The number of aromatic nitrogens is 1. The van der Waals surface area contributed by atoms with Gasteiger partial charge in [-0.25, -0.2) is 0 Å². The molecule has 2 aromatic carbocycles. The van der Waals surface area contributed by atoms with Crippen molar-refractivity contribution in [2.75, 3.05) is 0 Å². The minimum absolute atomic E-state index is 0.107. The summed E-state index contributed by atoms with van der Waals surface area (Å²) in [4.78, 5) is 4.78. The Kier molecular flexibility index (Phi) is 3.49. The van der Waals surface area contributed by atoms with Crippen molar-refractivity contribution >= 4 is 0 Å². The number of unbranched alkanes of at least 4 members (excludes halogenated alkanes) is 1. The molecule has 0 saturated carbocycles. The fourth-order valence-electron chi connectivity index (χ4n) is 4.06. The molecule has 23 heavy (non-hydrogen) atoms. The van der Waals surface area contributed by atoms with E-state index in [-0.39, 0.29) is 5.41 Å². The van der Waals surface area contributed by atoms with E-state index >= 15 is 0 Å². The lowest BCUT2D eigenvalue weighted by Gasteiger charge is -2.31. The maximum atomic E-state index is 4.78. The third-order valence-corrected chi connectivity index (χ3v) is 5.07. The van der Waals surface area contributed by atoms with E-state index in [2.05, 4.69) is 67.6 Å². The molecule has 1 nitrogen and oxygen atoms in total. The van der Waals surface area contributed by atoms with Crippen LogP contribution in [-0.2, 0) is 5.41 Å². The van der Waals surface area contributed by atoms with Gasteiger partial charge in [-0.05, 0) is 40.8 Å². The average molecular weight is 299 g/mol. The van der Waals surface area contributed by atoms with Crippen LogP contribution in [0.15, 0.2) is 72.9 Å². The summed E-state index contributed by atoms with van der Waals surface area (Å²) < 4.78 is 0. The molecule has 1 aromatic heterocycles. The van der Waals surface area contributed by atoms with Gasteiger partial charge in [0.05, 0.1) is 11.1 Å². The lowest BCUT2D eigenvalue weighted by Crippen LogP contribution is -2.28. The molecule has 0 saturated heterocycles. The summed E-state index contributed by atoms with van der Waals surface area (Å²) in [5, 5.41) is 0. The van der Waals surface area contributed by atoms with E-state index in [0.29, 0.717) is 0 Å². The van der Waals surface area contributed by atoms with Crippen molar-refractivity contribution in [3.05, 3.63) is 89.7 Å². The molecule has 0 amide bonds. The minimum Gasteiger partial charge on any atom is -0.260 e. The standard InChI is InChI=1S/C22H21N/c1-2-3-15-22(21-14-8-9-16-23-21)19-12-6-4-10-17(19)18-11-5-7-13-20(18)22/h4-14,16H,2-3,15H2,1H3. The molecule has 1 heterocycles. The van der Waals surface area contributed by atoms with Crippen molar-refractivity contribution in [2.45, 2.75) is 31.6 Å². The van der Waals surface area contributed by atoms with Crippen LogP contribution in [0.1, 0.15) is 43.0 Å². The first-order valence-electron chi connectivity index (χ1n) is 8.49. The molecule has 0 aliphatic heterocycles. The third-order valence-electron chi connectivity index (χ3n) is 5.07. The van der Waals surface area contributed by atoms with Crippen molar-refractivity contribution in [2.24, 2.45) is 0 Å². The van der Waals surface area contributed by atoms with Gasteiger partial charge in [0, 0.05) is 6.20 Å². The van der Waals surface area contributed by atoms with Gasteiger partial charge in [-0.15, -0.1) is 0 Å². The number of fused-ring (bicyclic) bond motifs is 3. The molecule has 0 atom stereocenters. The Hall–Kier alpha value is -2.41. The van der Waals surface area contributed by atoms with Gasteiger partial charge in [0.1, 0.15) is 0 Å². The van der Waals surface area contributed by atoms with Crippen LogP contribution in [0.5, 0.6) is 0 Å². The second-order valence-electron chi connectivity index (χ2n) is 6.32. The van der Waals surface area contributed by atoms with Crippen molar-refractivity contribution in [1.29, 1.82) is 0 Å². The summed E-state index contributed by atoms with van der Waals surface area (Å²) in [6, 6.07) is 24.0. The van der Waals surface area contributed by atoms with Gasteiger partial charge in [0.15, 0.2) is 0 Å². The van der Waals surface area contributed by atoms with Crippen molar-refractivity contribution in [3.63, 3.8) is 0 Å². The number of benzene rings is 2. The van der Waals surface area contributed by atoms with Gasteiger partial charge >= 0.3 is 0 Å². The molecule has 114 valence electrons. The molecule has 1 aliphatic rings. The molecular formula is C22H21N. The second-order valence-corrected chi connectivity index (χ2v) is 6.32. The summed E-state index contributed by atoms with van der Waals surface area (Å²) >= 11 is 0. The van der Waals surface area contributed by atoms with E-state index in [1.807, 2.05) is 12.3 Å². The maximum absolute atomic E-state index is 4.78. The van der Waals surface area contributed by atoms with Crippen molar-refractivity contribution in [1.82, 2.24) is 4.98 Å². The van der Waals surface area contributed by atoms with Crippen LogP contribution < -0.4 is 0 Å². The molecule has 0 spiro atoms. The van der Waals surface area contributed by atoms with Gasteiger partial charge in [-0.2, -0.15) is 0 Å². The highest BCUT2D eigenvalue weighted by molar-refractivity contribution is 5.82. The second kappa shape index (κ2) is 5.66. The molecule has 3 aromatic rings. The van der Waals surface area contributed by atoms with Gasteiger partial charge in [-0.1, -0.05) is 74.4 Å². The van der Waals surface area contributed by atoms with Gasteiger partial charge in [0.25, 0.3) is 0 Å². The Morgan fingerprint density at radius 2 is 1.39 bits per heavy atom. The minimum atomic E-state index is -0.107. The molecule has 1 aliphatic carbocycles. The van der Waals surface area contributed by atoms with E-state index in [9.17, 15) is 0 Å². The van der Waals surface area contributed by atoms with Gasteiger partial charge in [0.2, 0.25) is 0 Å². The molecule has 0 unspecified atom stereocenters. The van der Waals surface area contributed by atoms with Gasteiger partial charge in [-0.3, -0.25) is 4.98 Å². The van der Waals surface area contributed by atoms with Crippen LogP contribution in [0.2, 0.25) is 0 Å². The predicted molar refractivity (Wildman–Crippen MR) is 95.5 cm³/mol. The summed E-state index contributed by atoms with van der Waals surface area (Å²) in [6.45, 7) is 2.26. The summed E-state index contributed by atoms with van der Waals surface area (Å²) in [5.41, 5.74) is 6.62. The molecule has 1 heteroatoms. The average Bonchev–Trinajstić information content (AvgIpc) is 2.92.